The predicted molar refractivity (Wildman–Crippen MR) is 122 cm³/mol. The van der Waals surface area contributed by atoms with Crippen molar-refractivity contribution < 1.29 is 4.79 Å². The average molecular weight is 419 g/mol. The predicted octanol–water partition coefficient (Wildman–Crippen LogP) is 3.97. The highest BCUT2D eigenvalue weighted by Crippen LogP contribution is 2.21. The number of para-hydroxylation sites is 1. The quantitative estimate of drug-likeness (QED) is 0.656. The lowest BCUT2D eigenvalue weighted by Gasteiger charge is -2.33. The molecule has 0 radical (unpaired) electrons. The number of amides is 1. The number of rotatable bonds is 6. The van der Waals surface area contributed by atoms with Gasteiger partial charge in [0.2, 0.25) is 11.7 Å². The molecule has 1 saturated heterocycles. The SMILES string of the molecule is Cc1cccc(C)c1NC(=O)Cn1nnc(-c2ccc(CN3CCCC[C@H]3C)cc2)n1. The number of hydrogen-bond donors (Lipinski definition) is 1. The molecule has 1 aliphatic heterocycles. The molecular formula is C24H30N6O. The van der Waals surface area contributed by atoms with Crippen molar-refractivity contribution in [2.24, 2.45) is 0 Å². The number of benzene rings is 2. The Morgan fingerprint density at radius 1 is 1.10 bits per heavy atom. The summed E-state index contributed by atoms with van der Waals surface area (Å²) in [7, 11) is 0. The first-order valence-corrected chi connectivity index (χ1v) is 11.0. The van der Waals surface area contributed by atoms with Crippen molar-refractivity contribution in [3.05, 3.63) is 59.2 Å². The number of aromatic nitrogens is 4. The van der Waals surface area contributed by atoms with E-state index in [0.717, 1.165) is 28.9 Å². The standard InChI is InChI=1S/C24H30N6O/c1-17-7-6-8-18(2)23(17)25-22(31)16-30-27-24(26-28-30)21-12-10-20(11-13-21)15-29-14-5-4-9-19(29)3/h6-8,10-13,19H,4-5,9,14-16H2,1-3H3,(H,25,31)/t19-/m1/s1. The molecule has 2 aromatic carbocycles. The Balaban J connectivity index is 1.37. The molecule has 1 fully saturated rings. The lowest BCUT2D eigenvalue weighted by Crippen LogP contribution is -2.36. The summed E-state index contributed by atoms with van der Waals surface area (Å²) in [5, 5.41) is 15.5. The maximum absolute atomic E-state index is 12.4. The van der Waals surface area contributed by atoms with Gasteiger partial charge in [0.15, 0.2) is 0 Å². The molecule has 7 heteroatoms. The molecule has 0 unspecified atom stereocenters. The van der Waals surface area contributed by atoms with Gasteiger partial charge in [-0.2, -0.15) is 4.80 Å². The van der Waals surface area contributed by atoms with E-state index in [0.29, 0.717) is 11.9 Å². The molecule has 7 nitrogen and oxygen atoms in total. The Labute approximate surface area is 183 Å². The summed E-state index contributed by atoms with van der Waals surface area (Å²) in [4.78, 5) is 16.3. The Bertz CT molecular complexity index is 1020. The largest absolute Gasteiger partial charge is 0.324 e. The third kappa shape index (κ3) is 5.17. The van der Waals surface area contributed by atoms with Crippen LogP contribution in [0.4, 0.5) is 5.69 Å². The van der Waals surface area contributed by atoms with Crippen molar-refractivity contribution in [1.82, 2.24) is 25.1 Å². The minimum atomic E-state index is -0.174. The van der Waals surface area contributed by atoms with E-state index in [-0.39, 0.29) is 12.5 Å². The molecule has 1 aliphatic rings. The molecule has 4 rings (SSSR count). The van der Waals surface area contributed by atoms with Gasteiger partial charge in [-0.3, -0.25) is 9.69 Å². The van der Waals surface area contributed by atoms with Gasteiger partial charge in [-0.15, -0.1) is 10.2 Å². The molecule has 1 N–H and O–H groups in total. The van der Waals surface area contributed by atoms with Gasteiger partial charge >= 0.3 is 0 Å². The van der Waals surface area contributed by atoms with Gasteiger partial charge in [-0.05, 0) is 62.1 Å². The molecule has 2 heterocycles. The van der Waals surface area contributed by atoms with E-state index in [2.05, 4.69) is 44.7 Å². The second-order valence-electron chi connectivity index (χ2n) is 8.47. The molecule has 1 amide bonds. The fourth-order valence-electron chi connectivity index (χ4n) is 4.13. The molecule has 0 aliphatic carbocycles. The van der Waals surface area contributed by atoms with E-state index in [9.17, 15) is 4.79 Å². The number of carbonyl (C=O) groups excluding carboxylic acids is 1. The van der Waals surface area contributed by atoms with Crippen LogP contribution in [-0.2, 0) is 17.9 Å². The van der Waals surface area contributed by atoms with Gasteiger partial charge in [0, 0.05) is 23.8 Å². The van der Waals surface area contributed by atoms with Crippen molar-refractivity contribution in [2.75, 3.05) is 11.9 Å². The summed E-state index contributed by atoms with van der Waals surface area (Å²) in [6.07, 6.45) is 3.90. The Kier molecular flexibility index (Phi) is 6.42. The summed E-state index contributed by atoms with van der Waals surface area (Å²) in [5.74, 6) is 0.352. The van der Waals surface area contributed by atoms with E-state index < -0.39 is 0 Å². The minimum absolute atomic E-state index is 0.0195. The minimum Gasteiger partial charge on any atom is -0.324 e. The maximum Gasteiger partial charge on any atom is 0.248 e. The van der Waals surface area contributed by atoms with Crippen LogP contribution in [0, 0.1) is 13.8 Å². The maximum atomic E-state index is 12.4. The summed E-state index contributed by atoms with van der Waals surface area (Å²) < 4.78 is 0. The van der Waals surface area contributed by atoms with Crippen LogP contribution in [0.1, 0.15) is 42.9 Å². The average Bonchev–Trinajstić information content (AvgIpc) is 3.21. The lowest BCUT2D eigenvalue weighted by atomic mass is 10.0. The van der Waals surface area contributed by atoms with E-state index in [1.807, 2.05) is 44.2 Å². The molecule has 1 aromatic heterocycles. The summed E-state index contributed by atoms with van der Waals surface area (Å²) in [5.41, 5.74) is 5.08. The van der Waals surface area contributed by atoms with E-state index in [1.165, 1.54) is 36.2 Å². The molecule has 162 valence electrons. The van der Waals surface area contributed by atoms with Gasteiger partial charge in [0.05, 0.1) is 0 Å². The second-order valence-corrected chi connectivity index (χ2v) is 8.47. The molecular weight excluding hydrogens is 388 g/mol. The number of nitrogens with one attached hydrogen (secondary N) is 1. The van der Waals surface area contributed by atoms with Gasteiger partial charge in [0.25, 0.3) is 0 Å². The van der Waals surface area contributed by atoms with E-state index in [1.54, 1.807) is 0 Å². The highest BCUT2D eigenvalue weighted by atomic mass is 16.2. The van der Waals surface area contributed by atoms with Gasteiger partial charge in [0.1, 0.15) is 6.54 Å². The normalized spacial score (nSPS) is 16.9. The first kappa shape index (κ1) is 21.2. The summed E-state index contributed by atoms with van der Waals surface area (Å²) >= 11 is 0. The number of piperidine rings is 1. The van der Waals surface area contributed by atoms with Crippen LogP contribution in [0.2, 0.25) is 0 Å². The first-order chi connectivity index (χ1) is 15.0. The number of likely N-dealkylation sites (tertiary alicyclic amines) is 1. The fraction of sp³-hybridized carbons (Fsp3) is 0.417. The summed E-state index contributed by atoms with van der Waals surface area (Å²) in [6.45, 7) is 8.43. The van der Waals surface area contributed by atoms with Crippen molar-refractivity contribution in [1.29, 1.82) is 0 Å². The second kappa shape index (κ2) is 9.39. The van der Waals surface area contributed by atoms with Crippen LogP contribution in [0.25, 0.3) is 11.4 Å². The zero-order valence-electron chi connectivity index (χ0n) is 18.5. The molecule has 0 spiro atoms. The molecule has 3 aromatic rings. The Morgan fingerprint density at radius 2 is 1.84 bits per heavy atom. The van der Waals surface area contributed by atoms with Gasteiger partial charge in [-0.1, -0.05) is 48.9 Å². The number of tetrazole rings is 1. The van der Waals surface area contributed by atoms with Gasteiger partial charge in [-0.25, -0.2) is 0 Å². The first-order valence-electron chi connectivity index (χ1n) is 11.0. The number of carbonyl (C=O) groups is 1. The number of anilines is 1. The topological polar surface area (TPSA) is 75.9 Å². The molecule has 31 heavy (non-hydrogen) atoms. The fourth-order valence-corrected chi connectivity index (χ4v) is 4.13. The molecule has 0 bridgehead atoms. The highest BCUT2D eigenvalue weighted by Gasteiger charge is 2.18. The Morgan fingerprint density at radius 3 is 2.55 bits per heavy atom. The summed E-state index contributed by atoms with van der Waals surface area (Å²) in [6, 6.07) is 14.9. The smallest absolute Gasteiger partial charge is 0.248 e. The zero-order valence-corrected chi connectivity index (χ0v) is 18.5. The van der Waals surface area contributed by atoms with Crippen molar-refractivity contribution in [3.8, 4) is 11.4 Å². The third-order valence-corrected chi connectivity index (χ3v) is 6.02. The van der Waals surface area contributed by atoms with Crippen LogP contribution in [0.15, 0.2) is 42.5 Å². The third-order valence-electron chi connectivity index (χ3n) is 6.02. The van der Waals surface area contributed by atoms with Gasteiger partial charge < -0.3 is 5.32 Å². The Hall–Kier alpha value is -3.06. The van der Waals surface area contributed by atoms with Crippen molar-refractivity contribution >= 4 is 11.6 Å². The van der Waals surface area contributed by atoms with Crippen LogP contribution < -0.4 is 5.32 Å². The van der Waals surface area contributed by atoms with Crippen LogP contribution in [0.3, 0.4) is 0 Å². The van der Waals surface area contributed by atoms with Crippen LogP contribution in [-0.4, -0.2) is 43.6 Å². The highest BCUT2D eigenvalue weighted by molar-refractivity contribution is 5.92. The van der Waals surface area contributed by atoms with Crippen LogP contribution >= 0.6 is 0 Å². The number of aryl methyl sites for hydroxylation is 2. The zero-order chi connectivity index (χ0) is 21.8. The number of hydrogen-bond acceptors (Lipinski definition) is 5. The van der Waals surface area contributed by atoms with Crippen LogP contribution in [0.5, 0.6) is 0 Å². The van der Waals surface area contributed by atoms with Crippen molar-refractivity contribution in [2.45, 2.75) is 59.2 Å². The monoisotopic (exact) mass is 418 g/mol. The van der Waals surface area contributed by atoms with Crippen molar-refractivity contribution in [3.63, 3.8) is 0 Å². The van der Waals surface area contributed by atoms with E-state index in [4.69, 9.17) is 0 Å². The molecule has 1 atom stereocenters. The number of nitrogens with zero attached hydrogens (tertiary/aromatic N) is 5. The van der Waals surface area contributed by atoms with E-state index >= 15 is 0 Å². The lowest BCUT2D eigenvalue weighted by molar-refractivity contribution is -0.117. The molecule has 0 saturated carbocycles.